The van der Waals surface area contributed by atoms with Gasteiger partial charge in [0.05, 0.1) is 13.2 Å². The average Bonchev–Trinajstić information content (AvgIpc) is 2.54. The highest BCUT2D eigenvalue weighted by Crippen LogP contribution is 2.35. The summed E-state index contributed by atoms with van der Waals surface area (Å²) in [6, 6.07) is 9.34. The smallest absolute Gasteiger partial charge is 0.324 e. The zero-order chi connectivity index (χ0) is 18.0. The molecule has 0 aliphatic heterocycles. The highest BCUT2D eigenvalue weighted by Gasteiger charge is 2.48. The summed E-state index contributed by atoms with van der Waals surface area (Å²) in [5.74, 6) is 4.58. The Hall–Kier alpha value is -2.06. The maximum Gasteiger partial charge on any atom is 0.324 e. The van der Waals surface area contributed by atoms with Crippen LogP contribution in [0.2, 0.25) is 0 Å². The summed E-state index contributed by atoms with van der Waals surface area (Å²) in [6.07, 6.45) is 0.0539. The van der Waals surface area contributed by atoms with E-state index in [1.165, 1.54) is 0 Å². The lowest BCUT2D eigenvalue weighted by molar-refractivity contribution is -0.171. The van der Waals surface area contributed by atoms with Gasteiger partial charge in [-0.15, -0.1) is 0 Å². The van der Waals surface area contributed by atoms with Crippen LogP contribution in [-0.2, 0) is 19.1 Å². The Kier molecular flexibility index (Phi) is 8.28. The zero-order valence-corrected chi connectivity index (χ0v) is 15.5. The molecule has 0 spiro atoms. The highest BCUT2D eigenvalue weighted by atomic mass is 79.9. The van der Waals surface area contributed by atoms with Gasteiger partial charge in [0.15, 0.2) is 5.41 Å². The molecular weight excluding hydrogens is 372 g/mol. The van der Waals surface area contributed by atoms with Crippen molar-refractivity contribution < 1.29 is 19.1 Å². The van der Waals surface area contributed by atoms with Crippen molar-refractivity contribution in [1.29, 1.82) is 0 Å². The van der Waals surface area contributed by atoms with Crippen molar-refractivity contribution in [3.05, 3.63) is 47.0 Å². The second-order valence-corrected chi connectivity index (χ2v) is 6.18. The molecule has 0 saturated heterocycles. The third kappa shape index (κ3) is 5.54. The van der Waals surface area contributed by atoms with Gasteiger partial charge in [0, 0.05) is 18.4 Å². The van der Waals surface area contributed by atoms with E-state index in [0.29, 0.717) is 4.48 Å². The SMILES string of the molecule is C=C(Br)CC(CC#Cc1ccccc1)(C(=O)OCC)C(=O)OCC. The molecular formula is C19H21BrO4. The van der Waals surface area contributed by atoms with E-state index in [9.17, 15) is 9.59 Å². The van der Waals surface area contributed by atoms with Gasteiger partial charge in [0.2, 0.25) is 0 Å². The van der Waals surface area contributed by atoms with E-state index in [-0.39, 0.29) is 26.1 Å². The fraction of sp³-hybridized carbons (Fsp3) is 0.368. The number of rotatable bonds is 7. The molecule has 1 aromatic carbocycles. The fourth-order valence-corrected chi connectivity index (χ4v) is 2.60. The molecule has 0 saturated carbocycles. The summed E-state index contributed by atoms with van der Waals surface area (Å²) < 4.78 is 10.7. The molecule has 0 fully saturated rings. The van der Waals surface area contributed by atoms with Gasteiger partial charge in [-0.05, 0) is 30.5 Å². The summed E-state index contributed by atoms with van der Waals surface area (Å²) in [4.78, 5) is 25.0. The molecule has 0 bridgehead atoms. The van der Waals surface area contributed by atoms with Crippen molar-refractivity contribution >= 4 is 27.9 Å². The molecule has 0 atom stereocenters. The molecule has 24 heavy (non-hydrogen) atoms. The summed E-state index contributed by atoms with van der Waals surface area (Å²) in [5, 5.41) is 0. The van der Waals surface area contributed by atoms with Crippen molar-refractivity contribution in [3.8, 4) is 11.8 Å². The first-order valence-electron chi connectivity index (χ1n) is 7.68. The van der Waals surface area contributed by atoms with E-state index in [1.54, 1.807) is 13.8 Å². The van der Waals surface area contributed by atoms with Crippen LogP contribution in [0, 0.1) is 17.3 Å². The van der Waals surface area contributed by atoms with E-state index in [4.69, 9.17) is 9.47 Å². The molecule has 0 heterocycles. The number of carbonyl (C=O) groups is 2. The van der Waals surface area contributed by atoms with Crippen LogP contribution in [0.1, 0.15) is 32.3 Å². The Morgan fingerprint density at radius 3 is 2.12 bits per heavy atom. The maximum absolute atomic E-state index is 12.5. The van der Waals surface area contributed by atoms with E-state index >= 15 is 0 Å². The Labute approximate surface area is 151 Å². The van der Waals surface area contributed by atoms with Gasteiger partial charge < -0.3 is 9.47 Å². The predicted molar refractivity (Wildman–Crippen MR) is 96.3 cm³/mol. The molecule has 0 N–H and O–H groups in total. The van der Waals surface area contributed by atoms with Crippen LogP contribution in [0.5, 0.6) is 0 Å². The molecule has 0 amide bonds. The molecule has 1 rings (SSSR count). The fourth-order valence-electron chi connectivity index (χ4n) is 2.12. The molecule has 4 nitrogen and oxygen atoms in total. The third-order valence-electron chi connectivity index (χ3n) is 3.22. The molecule has 0 unspecified atom stereocenters. The van der Waals surface area contributed by atoms with Gasteiger partial charge in [-0.3, -0.25) is 9.59 Å². The average molecular weight is 393 g/mol. The molecule has 0 aliphatic rings. The lowest BCUT2D eigenvalue weighted by Gasteiger charge is -2.27. The largest absolute Gasteiger partial charge is 0.465 e. The number of hydrogen-bond acceptors (Lipinski definition) is 4. The number of esters is 2. The number of halogens is 1. The molecule has 0 aromatic heterocycles. The molecule has 128 valence electrons. The van der Waals surface area contributed by atoms with Crippen molar-refractivity contribution in [1.82, 2.24) is 0 Å². The number of ether oxygens (including phenoxy) is 2. The Morgan fingerprint density at radius 2 is 1.67 bits per heavy atom. The number of allylic oxidation sites excluding steroid dienone is 1. The minimum atomic E-state index is -1.52. The maximum atomic E-state index is 12.5. The standard InChI is InChI=1S/C19H21BrO4/c1-4-23-17(21)19(14-15(3)20,18(22)24-5-2)13-9-12-16-10-7-6-8-11-16/h6-8,10-11H,3-5,13-14H2,1-2H3. The molecule has 0 radical (unpaired) electrons. The summed E-state index contributed by atoms with van der Waals surface area (Å²) in [7, 11) is 0. The van der Waals surface area contributed by atoms with Crippen LogP contribution in [-0.4, -0.2) is 25.2 Å². The first-order valence-corrected chi connectivity index (χ1v) is 8.47. The third-order valence-corrected chi connectivity index (χ3v) is 3.50. The van der Waals surface area contributed by atoms with Crippen LogP contribution in [0.25, 0.3) is 0 Å². The second kappa shape index (κ2) is 9.94. The minimum Gasteiger partial charge on any atom is -0.465 e. The topological polar surface area (TPSA) is 52.6 Å². The quantitative estimate of drug-likeness (QED) is 0.401. The second-order valence-electron chi connectivity index (χ2n) is 5.06. The monoisotopic (exact) mass is 392 g/mol. The van der Waals surface area contributed by atoms with Gasteiger partial charge in [-0.25, -0.2) is 0 Å². The summed E-state index contributed by atoms with van der Waals surface area (Å²) in [6.45, 7) is 7.45. The normalized spacial score (nSPS) is 10.3. The molecule has 0 aliphatic carbocycles. The summed E-state index contributed by atoms with van der Waals surface area (Å²) >= 11 is 3.23. The van der Waals surface area contributed by atoms with Crippen molar-refractivity contribution in [2.24, 2.45) is 5.41 Å². The first-order chi connectivity index (χ1) is 11.5. The predicted octanol–water partition coefficient (Wildman–Crippen LogP) is 3.84. The van der Waals surface area contributed by atoms with Crippen LogP contribution >= 0.6 is 15.9 Å². The van der Waals surface area contributed by atoms with Crippen molar-refractivity contribution in [2.45, 2.75) is 26.7 Å². The first kappa shape index (κ1) is 20.0. The van der Waals surface area contributed by atoms with E-state index in [0.717, 1.165) is 5.56 Å². The van der Waals surface area contributed by atoms with Crippen molar-refractivity contribution in [2.75, 3.05) is 13.2 Å². The van der Waals surface area contributed by atoms with E-state index in [2.05, 4.69) is 34.3 Å². The lowest BCUT2D eigenvalue weighted by Crippen LogP contribution is -2.42. The number of benzene rings is 1. The van der Waals surface area contributed by atoms with Gasteiger partial charge in [0.25, 0.3) is 0 Å². The highest BCUT2D eigenvalue weighted by molar-refractivity contribution is 9.11. The molecule has 5 heteroatoms. The van der Waals surface area contributed by atoms with Crippen LogP contribution in [0.4, 0.5) is 0 Å². The number of hydrogen-bond donors (Lipinski definition) is 0. The van der Waals surface area contributed by atoms with Crippen molar-refractivity contribution in [3.63, 3.8) is 0 Å². The van der Waals surface area contributed by atoms with Crippen LogP contribution in [0.3, 0.4) is 0 Å². The van der Waals surface area contributed by atoms with Gasteiger partial charge in [-0.2, -0.15) is 0 Å². The lowest BCUT2D eigenvalue weighted by atomic mass is 9.81. The van der Waals surface area contributed by atoms with Gasteiger partial charge >= 0.3 is 11.9 Å². The van der Waals surface area contributed by atoms with Gasteiger partial charge in [-0.1, -0.05) is 52.5 Å². The molecule has 1 aromatic rings. The number of carbonyl (C=O) groups excluding carboxylic acids is 2. The zero-order valence-electron chi connectivity index (χ0n) is 13.9. The Balaban J connectivity index is 3.18. The van der Waals surface area contributed by atoms with E-state index < -0.39 is 17.4 Å². The summed E-state index contributed by atoms with van der Waals surface area (Å²) in [5.41, 5.74) is -0.717. The Bertz CT molecular complexity index is 622. The van der Waals surface area contributed by atoms with E-state index in [1.807, 2.05) is 30.3 Å². The van der Waals surface area contributed by atoms with Crippen LogP contribution < -0.4 is 0 Å². The Morgan fingerprint density at radius 1 is 1.12 bits per heavy atom. The van der Waals surface area contributed by atoms with Crippen LogP contribution in [0.15, 0.2) is 41.4 Å². The minimum absolute atomic E-state index is 0.00974. The van der Waals surface area contributed by atoms with Gasteiger partial charge in [0.1, 0.15) is 0 Å².